The molecular weight excluding hydrogens is 180 g/mol. The van der Waals surface area contributed by atoms with Crippen LogP contribution in [0.15, 0.2) is 31.4 Å². The maximum absolute atomic E-state index is 3.88. The molecule has 0 saturated carbocycles. The van der Waals surface area contributed by atoms with Gasteiger partial charge in [-0.15, -0.1) is 0 Å². The third kappa shape index (κ3) is 3.09. The van der Waals surface area contributed by atoms with Crippen molar-refractivity contribution < 1.29 is 0 Å². The summed E-state index contributed by atoms with van der Waals surface area (Å²) < 4.78 is 0. The van der Waals surface area contributed by atoms with Crippen LogP contribution in [0.4, 0.5) is 0 Å². The topological polar surface area (TPSA) is 0 Å². The average molecular weight is 200 g/mol. The number of hydrogen-bond donors (Lipinski definition) is 0. The molecule has 0 unspecified atom stereocenters. The predicted molar refractivity (Wildman–Crippen MR) is 69.8 cm³/mol. The van der Waals surface area contributed by atoms with Crippen molar-refractivity contribution in [1.29, 1.82) is 0 Å². The predicted octanol–water partition coefficient (Wildman–Crippen LogP) is 4.56. The molecule has 0 radical (unpaired) electrons. The second-order valence-electron chi connectivity index (χ2n) is 4.26. The summed E-state index contributed by atoms with van der Waals surface area (Å²) in [6.45, 7) is 12.2. The van der Waals surface area contributed by atoms with Crippen LogP contribution in [-0.2, 0) is 6.42 Å². The first-order valence-corrected chi connectivity index (χ1v) is 5.55. The first-order valence-electron chi connectivity index (χ1n) is 5.55. The molecule has 0 aliphatic carbocycles. The van der Waals surface area contributed by atoms with E-state index in [1.54, 1.807) is 0 Å². The normalized spacial score (nSPS) is 10.3. The third-order valence-corrected chi connectivity index (χ3v) is 2.65. The highest BCUT2D eigenvalue weighted by Gasteiger charge is 2.03. The number of benzene rings is 1. The fourth-order valence-corrected chi connectivity index (χ4v) is 1.72. The Kier molecular flexibility index (Phi) is 4.36. The molecule has 0 aromatic heterocycles. The zero-order valence-corrected chi connectivity index (χ0v) is 9.79. The number of hydrogen-bond acceptors (Lipinski definition) is 0. The van der Waals surface area contributed by atoms with Gasteiger partial charge < -0.3 is 0 Å². The monoisotopic (exact) mass is 200 g/mol. The maximum atomic E-state index is 3.88. The van der Waals surface area contributed by atoms with Crippen molar-refractivity contribution in [1.82, 2.24) is 0 Å². The van der Waals surface area contributed by atoms with Gasteiger partial charge in [-0.2, -0.15) is 0 Å². The van der Waals surface area contributed by atoms with Crippen LogP contribution in [0, 0.1) is 5.92 Å². The Balaban J connectivity index is 2.95. The second-order valence-corrected chi connectivity index (χ2v) is 4.26. The quantitative estimate of drug-likeness (QED) is 0.653. The molecule has 0 aliphatic rings. The molecule has 15 heavy (non-hydrogen) atoms. The molecule has 1 rings (SSSR count). The van der Waals surface area contributed by atoms with Gasteiger partial charge in [0.05, 0.1) is 0 Å². The molecule has 80 valence electrons. The van der Waals surface area contributed by atoms with Crippen LogP contribution in [0.25, 0.3) is 12.2 Å². The van der Waals surface area contributed by atoms with Crippen molar-refractivity contribution in [3.05, 3.63) is 48.0 Å². The van der Waals surface area contributed by atoms with Gasteiger partial charge in [0, 0.05) is 0 Å². The minimum Gasteiger partial charge on any atom is -0.0984 e. The van der Waals surface area contributed by atoms with Crippen LogP contribution in [0.2, 0.25) is 0 Å². The molecule has 0 amide bonds. The van der Waals surface area contributed by atoms with Crippen molar-refractivity contribution in [3.8, 4) is 0 Å². The van der Waals surface area contributed by atoms with E-state index in [-0.39, 0.29) is 0 Å². The van der Waals surface area contributed by atoms with Crippen LogP contribution in [0.5, 0.6) is 0 Å². The SMILES string of the molecule is C=Cc1cccc(CCC(C)C)c1C=C. The molecule has 0 nitrogen and oxygen atoms in total. The molecule has 0 saturated heterocycles. The van der Waals surface area contributed by atoms with Crippen molar-refractivity contribution in [2.24, 2.45) is 5.92 Å². The zero-order chi connectivity index (χ0) is 11.3. The highest BCUT2D eigenvalue weighted by molar-refractivity contribution is 5.66. The van der Waals surface area contributed by atoms with E-state index in [0.717, 1.165) is 12.3 Å². The summed E-state index contributed by atoms with van der Waals surface area (Å²) in [6.07, 6.45) is 6.19. The molecule has 1 aromatic rings. The highest BCUT2D eigenvalue weighted by atomic mass is 14.1. The van der Waals surface area contributed by atoms with Gasteiger partial charge >= 0.3 is 0 Å². The first kappa shape index (κ1) is 11.8. The van der Waals surface area contributed by atoms with E-state index in [1.807, 2.05) is 12.2 Å². The Hall–Kier alpha value is -1.30. The van der Waals surface area contributed by atoms with Crippen LogP contribution in [0.3, 0.4) is 0 Å². The smallest absolute Gasteiger partial charge is 0.0158 e. The highest BCUT2D eigenvalue weighted by Crippen LogP contribution is 2.20. The van der Waals surface area contributed by atoms with Crippen molar-refractivity contribution >= 4 is 12.2 Å². The van der Waals surface area contributed by atoms with Crippen LogP contribution >= 0.6 is 0 Å². The lowest BCUT2D eigenvalue weighted by molar-refractivity contribution is 0.586. The summed E-state index contributed by atoms with van der Waals surface area (Å²) in [5.41, 5.74) is 3.82. The van der Waals surface area contributed by atoms with Gasteiger partial charge in [0.1, 0.15) is 0 Å². The average Bonchev–Trinajstić information content (AvgIpc) is 2.25. The van der Waals surface area contributed by atoms with E-state index < -0.39 is 0 Å². The molecule has 0 fully saturated rings. The third-order valence-electron chi connectivity index (χ3n) is 2.65. The fraction of sp³-hybridized carbons (Fsp3) is 0.333. The van der Waals surface area contributed by atoms with Crippen LogP contribution < -0.4 is 0 Å². The second kappa shape index (κ2) is 5.55. The van der Waals surface area contributed by atoms with Crippen molar-refractivity contribution in [2.75, 3.05) is 0 Å². The van der Waals surface area contributed by atoms with Crippen LogP contribution in [0.1, 0.15) is 37.0 Å². The molecule has 0 bridgehead atoms. The molecule has 0 heteroatoms. The van der Waals surface area contributed by atoms with E-state index in [1.165, 1.54) is 23.1 Å². The van der Waals surface area contributed by atoms with E-state index >= 15 is 0 Å². The molecule has 0 spiro atoms. The Bertz CT molecular complexity index is 345. The number of rotatable bonds is 5. The lowest BCUT2D eigenvalue weighted by Crippen LogP contribution is -1.96. The Morgan fingerprint density at radius 3 is 2.47 bits per heavy atom. The summed E-state index contributed by atoms with van der Waals surface area (Å²) in [5, 5.41) is 0. The van der Waals surface area contributed by atoms with Gasteiger partial charge in [0.2, 0.25) is 0 Å². The lowest BCUT2D eigenvalue weighted by atomic mass is 9.95. The van der Waals surface area contributed by atoms with E-state index in [0.29, 0.717) is 0 Å². The van der Waals surface area contributed by atoms with Gasteiger partial charge in [-0.25, -0.2) is 0 Å². The molecule has 0 heterocycles. The Morgan fingerprint density at radius 2 is 1.93 bits per heavy atom. The van der Waals surface area contributed by atoms with Gasteiger partial charge in [-0.05, 0) is 35.4 Å². The molecule has 0 atom stereocenters. The summed E-state index contributed by atoms with van der Waals surface area (Å²) in [4.78, 5) is 0. The van der Waals surface area contributed by atoms with Gasteiger partial charge in [-0.1, -0.05) is 57.4 Å². The zero-order valence-electron chi connectivity index (χ0n) is 9.79. The maximum Gasteiger partial charge on any atom is -0.0158 e. The van der Waals surface area contributed by atoms with Crippen LogP contribution in [-0.4, -0.2) is 0 Å². The first-order chi connectivity index (χ1) is 7.19. The van der Waals surface area contributed by atoms with Crippen molar-refractivity contribution in [2.45, 2.75) is 26.7 Å². The van der Waals surface area contributed by atoms with E-state index in [4.69, 9.17) is 0 Å². The summed E-state index contributed by atoms with van der Waals surface area (Å²) >= 11 is 0. The van der Waals surface area contributed by atoms with E-state index in [2.05, 4.69) is 45.2 Å². The fourth-order valence-electron chi connectivity index (χ4n) is 1.72. The summed E-state index contributed by atoms with van der Waals surface area (Å²) in [5.74, 6) is 0.745. The largest absolute Gasteiger partial charge is 0.0984 e. The standard InChI is InChI=1S/C15H20/c1-5-13-8-7-9-14(15(13)6-2)11-10-12(3)4/h5-9,12H,1-2,10-11H2,3-4H3. The summed E-state index contributed by atoms with van der Waals surface area (Å²) in [7, 11) is 0. The molecular formula is C15H20. The molecule has 0 N–H and O–H groups in total. The van der Waals surface area contributed by atoms with Gasteiger partial charge in [-0.3, -0.25) is 0 Å². The minimum atomic E-state index is 0.745. The number of aryl methyl sites for hydroxylation is 1. The molecule has 1 aromatic carbocycles. The minimum absolute atomic E-state index is 0.745. The lowest BCUT2D eigenvalue weighted by Gasteiger charge is -2.10. The van der Waals surface area contributed by atoms with Crippen molar-refractivity contribution in [3.63, 3.8) is 0 Å². The Morgan fingerprint density at radius 1 is 1.20 bits per heavy atom. The summed E-state index contributed by atoms with van der Waals surface area (Å²) in [6, 6.07) is 6.37. The van der Waals surface area contributed by atoms with Gasteiger partial charge in [0.15, 0.2) is 0 Å². The Labute approximate surface area is 93.3 Å². The van der Waals surface area contributed by atoms with E-state index in [9.17, 15) is 0 Å². The van der Waals surface area contributed by atoms with Gasteiger partial charge in [0.25, 0.3) is 0 Å². The molecule has 0 aliphatic heterocycles.